The quantitative estimate of drug-likeness (QED) is 0.677. The summed E-state index contributed by atoms with van der Waals surface area (Å²) >= 11 is 0. The van der Waals surface area contributed by atoms with Crippen molar-refractivity contribution in [3.63, 3.8) is 0 Å². The average Bonchev–Trinajstić information content (AvgIpc) is 2.59. The highest BCUT2D eigenvalue weighted by Crippen LogP contribution is 2.29. The van der Waals surface area contributed by atoms with Gasteiger partial charge in [0.1, 0.15) is 5.78 Å². The van der Waals surface area contributed by atoms with E-state index in [1.807, 2.05) is 18.2 Å². The van der Waals surface area contributed by atoms with E-state index in [-0.39, 0.29) is 43.3 Å². The van der Waals surface area contributed by atoms with Gasteiger partial charge >= 0.3 is 0 Å². The van der Waals surface area contributed by atoms with Crippen LogP contribution in [0.25, 0.3) is 0 Å². The number of hydrogen-bond donors (Lipinski definition) is 3. The third-order valence-corrected chi connectivity index (χ3v) is 4.84. The van der Waals surface area contributed by atoms with Crippen LogP contribution in [-0.2, 0) is 16.0 Å². The largest absolute Gasteiger partial charge is 0.396 e. The van der Waals surface area contributed by atoms with E-state index in [0.29, 0.717) is 6.42 Å². The van der Waals surface area contributed by atoms with Crippen molar-refractivity contribution in [1.29, 1.82) is 0 Å². The SMILES string of the molecule is C[C@@H](CCO)C(=O)CC(CO)C(=O)N[C@@H]1CCCc2ccccc21. The lowest BCUT2D eigenvalue weighted by molar-refractivity contribution is -0.132. The molecule has 1 unspecified atom stereocenters. The van der Waals surface area contributed by atoms with Gasteiger partial charge in [0.2, 0.25) is 5.91 Å². The minimum absolute atomic E-state index is 0.0118. The molecule has 2 rings (SSSR count). The number of carbonyl (C=O) groups excluding carboxylic acids is 2. The van der Waals surface area contributed by atoms with Gasteiger partial charge in [-0.3, -0.25) is 9.59 Å². The van der Waals surface area contributed by atoms with Gasteiger partial charge in [0, 0.05) is 18.9 Å². The van der Waals surface area contributed by atoms with E-state index >= 15 is 0 Å². The molecule has 0 aromatic heterocycles. The van der Waals surface area contributed by atoms with Crippen LogP contribution in [0.5, 0.6) is 0 Å². The van der Waals surface area contributed by atoms with Crippen molar-refractivity contribution in [1.82, 2.24) is 5.32 Å². The second-order valence-corrected chi connectivity index (χ2v) is 6.62. The van der Waals surface area contributed by atoms with Gasteiger partial charge in [-0.2, -0.15) is 0 Å². The monoisotopic (exact) mass is 333 g/mol. The van der Waals surface area contributed by atoms with Gasteiger partial charge in [-0.25, -0.2) is 0 Å². The molecule has 5 nitrogen and oxygen atoms in total. The van der Waals surface area contributed by atoms with Crippen LogP contribution in [0.1, 0.15) is 49.8 Å². The van der Waals surface area contributed by atoms with Crippen LogP contribution in [0.4, 0.5) is 0 Å². The van der Waals surface area contributed by atoms with E-state index in [1.165, 1.54) is 5.56 Å². The second-order valence-electron chi connectivity index (χ2n) is 6.62. The fraction of sp³-hybridized carbons (Fsp3) is 0.579. The summed E-state index contributed by atoms with van der Waals surface area (Å²) in [7, 11) is 0. The normalized spacial score (nSPS) is 19.2. The summed E-state index contributed by atoms with van der Waals surface area (Å²) < 4.78 is 0. The summed E-state index contributed by atoms with van der Waals surface area (Å²) in [5.74, 6) is -1.40. The molecule has 0 spiro atoms. The minimum Gasteiger partial charge on any atom is -0.396 e. The van der Waals surface area contributed by atoms with E-state index in [9.17, 15) is 14.7 Å². The van der Waals surface area contributed by atoms with Crippen molar-refractivity contribution in [2.45, 2.75) is 45.1 Å². The van der Waals surface area contributed by atoms with Crippen molar-refractivity contribution in [2.24, 2.45) is 11.8 Å². The van der Waals surface area contributed by atoms with Crippen molar-refractivity contribution in [3.8, 4) is 0 Å². The van der Waals surface area contributed by atoms with E-state index in [4.69, 9.17) is 5.11 Å². The van der Waals surface area contributed by atoms with Crippen LogP contribution in [0.2, 0.25) is 0 Å². The molecule has 3 atom stereocenters. The van der Waals surface area contributed by atoms with Crippen LogP contribution >= 0.6 is 0 Å². The number of aliphatic hydroxyl groups is 2. The highest BCUT2D eigenvalue weighted by Gasteiger charge is 2.27. The molecule has 0 radical (unpaired) electrons. The molecule has 132 valence electrons. The Bertz CT molecular complexity index is 572. The van der Waals surface area contributed by atoms with Gasteiger partial charge in [0.25, 0.3) is 0 Å². The second kappa shape index (κ2) is 8.94. The Balaban J connectivity index is 1.99. The maximum absolute atomic E-state index is 12.5. The molecule has 0 fully saturated rings. The maximum Gasteiger partial charge on any atom is 0.226 e. The maximum atomic E-state index is 12.5. The summed E-state index contributed by atoms with van der Waals surface area (Å²) in [4.78, 5) is 24.6. The zero-order valence-corrected chi connectivity index (χ0v) is 14.2. The highest BCUT2D eigenvalue weighted by atomic mass is 16.3. The third-order valence-electron chi connectivity index (χ3n) is 4.84. The Morgan fingerprint density at radius 2 is 2.04 bits per heavy atom. The summed E-state index contributed by atoms with van der Waals surface area (Å²) in [6, 6.07) is 8.02. The first kappa shape index (κ1) is 18.6. The number of aryl methyl sites for hydroxylation is 1. The van der Waals surface area contributed by atoms with Crippen LogP contribution in [0.15, 0.2) is 24.3 Å². The standard InChI is InChI=1S/C19H27NO4/c1-13(9-10-21)18(23)11-15(12-22)19(24)20-17-8-4-6-14-5-2-3-7-16(14)17/h2-3,5,7,13,15,17,21-22H,4,6,8-12H2,1H3,(H,20,24)/t13-,15?,17+/m0/s1. The molecule has 1 aromatic rings. The predicted octanol–water partition coefficient (Wildman–Crippen LogP) is 1.77. The molecule has 1 aliphatic carbocycles. The van der Waals surface area contributed by atoms with Crippen LogP contribution in [0.3, 0.4) is 0 Å². The Morgan fingerprint density at radius 3 is 2.75 bits per heavy atom. The average molecular weight is 333 g/mol. The Morgan fingerprint density at radius 1 is 1.29 bits per heavy atom. The molecule has 0 saturated heterocycles. The fourth-order valence-electron chi connectivity index (χ4n) is 3.23. The fourth-order valence-corrected chi connectivity index (χ4v) is 3.23. The molecular weight excluding hydrogens is 306 g/mol. The highest BCUT2D eigenvalue weighted by molar-refractivity contribution is 5.88. The summed E-state index contributed by atoms with van der Waals surface area (Å²) in [5.41, 5.74) is 2.39. The van der Waals surface area contributed by atoms with E-state index in [0.717, 1.165) is 24.8 Å². The van der Waals surface area contributed by atoms with Gasteiger partial charge in [-0.15, -0.1) is 0 Å². The molecule has 5 heteroatoms. The first-order chi connectivity index (χ1) is 11.6. The number of carbonyl (C=O) groups is 2. The number of ketones is 1. The molecule has 0 saturated carbocycles. The van der Waals surface area contributed by atoms with Gasteiger partial charge in [0.05, 0.1) is 18.6 Å². The molecule has 24 heavy (non-hydrogen) atoms. The molecule has 3 N–H and O–H groups in total. The van der Waals surface area contributed by atoms with Crippen LogP contribution in [-0.4, -0.2) is 35.1 Å². The van der Waals surface area contributed by atoms with E-state index < -0.39 is 5.92 Å². The summed E-state index contributed by atoms with van der Waals surface area (Å²) in [6.45, 7) is 1.34. The zero-order valence-electron chi connectivity index (χ0n) is 14.2. The number of amides is 1. The molecule has 1 amide bonds. The number of Topliss-reactive ketones (excluding diaryl/α,β-unsaturated/α-hetero) is 1. The zero-order chi connectivity index (χ0) is 17.5. The molecule has 1 aliphatic rings. The first-order valence-electron chi connectivity index (χ1n) is 8.69. The summed E-state index contributed by atoms with van der Waals surface area (Å²) in [6.07, 6.45) is 3.30. The molecule has 0 aliphatic heterocycles. The lowest BCUT2D eigenvalue weighted by atomic mass is 9.87. The molecule has 1 aromatic carbocycles. The number of fused-ring (bicyclic) bond motifs is 1. The van der Waals surface area contributed by atoms with Crippen LogP contribution < -0.4 is 5.32 Å². The molecular formula is C19H27NO4. The van der Waals surface area contributed by atoms with Crippen molar-refractivity contribution < 1.29 is 19.8 Å². The van der Waals surface area contributed by atoms with E-state index in [2.05, 4.69) is 11.4 Å². The lowest BCUT2D eigenvalue weighted by Crippen LogP contribution is -2.38. The topological polar surface area (TPSA) is 86.6 Å². The lowest BCUT2D eigenvalue weighted by Gasteiger charge is -2.28. The van der Waals surface area contributed by atoms with Gasteiger partial charge in [-0.05, 0) is 36.8 Å². The van der Waals surface area contributed by atoms with Crippen molar-refractivity contribution >= 4 is 11.7 Å². The van der Waals surface area contributed by atoms with Crippen LogP contribution in [0, 0.1) is 11.8 Å². The Labute approximate surface area is 143 Å². The number of hydrogen-bond acceptors (Lipinski definition) is 4. The third kappa shape index (κ3) is 4.65. The molecule has 0 heterocycles. The smallest absolute Gasteiger partial charge is 0.226 e. The Hall–Kier alpha value is -1.72. The number of benzene rings is 1. The van der Waals surface area contributed by atoms with E-state index in [1.54, 1.807) is 6.92 Å². The molecule has 0 bridgehead atoms. The first-order valence-corrected chi connectivity index (χ1v) is 8.69. The number of aliphatic hydroxyl groups excluding tert-OH is 2. The number of rotatable bonds is 8. The van der Waals surface area contributed by atoms with Crippen molar-refractivity contribution in [3.05, 3.63) is 35.4 Å². The van der Waals surface area contributed by atoms with Gasteiger partial charge in [-0.1, -0.05) is 31.2 Å². The van der Waals surface area contributed by atoms with Gasteiger partial charge in [0.15, 0.2) is 0 Å². The predicted molar refractivity (Wildman–Crippen MR) is 91.3 cm³/mol. The van der Waals surface area contributed by atoms with Gasteiger partial charge < -0.3 is 15.5 Å². The number of nitrogens with one attached hydrogen (secondary N) is 1. The Kier molecular flexibility index (Phi) is 6.94. The summed E-state index contributed by atoms with van der Waals surface area (Å²) in [5, 5.41) is 21.4. The minimum atomic E-state index is -0.729. The van der Waals surface area contributed by atoms with Crippen molar-refractivity contribution in [2.75, 3.05) is 13.2 Å².